The van der Waals surface area contributed by atoms with Crippen LogP contribution in [0.1, 0.15) is 15.9 Å². The van der Waals surface area contributed by atoms with Gasteiger partial charge in [0.2, 0.25) is 0 Å². The molecule has 0 saturated heterocycles. The van der Waals surface area contributed by atoms with E-state index in [0.29, 0.717) is 28.4 Å². The molecule has 0 aliphatic carbocycles. The van der Waals surface area contributed by atoms with Crippen molar-refractivity contribution in [1.29, 1.82) is 0 Å². The van der Waals surface area contributed by atoms with Crippen LogP contribution in [0.25, 0.3) is 0 Å². The Bertz CT molecular complexity index is 736. The molecule has 126 valence electrons. The van der Waals surface area contributed by atoms with Gasteiger partial charge < -0.3 is 19.3 Å². The third-order valence-electron chi connectivity index (χ3n) is 3.20. The molecule has 1 amide bonds. The Morgan fingerprint density at radius 3 is 2.25 bits per heavy atom. The van der Waals surface area contributed by atoms with Gasteiger partial charge in [-0.3, -0.25) is 4.79 Å². The summed E-state index contributed by atoms with van der Waals surface area (Å²) in [5.74, 6) is 0.943. The zero-order valence-electron chi connectivity index (χ0n) is 13.6. The SMILES string of the molecule is COc1cc(OC)cc(C(=O)N/N=C/c2ccc(OC)c(O)c2)c1. The number of methoxy groups -OCH3 is 3. The van der Waals surface area contributed by atoms with E-state index in [1.54, 1.807) is 30.3 Å². The summed E-state index contributed by atoms with van der Waals surface area (Å²) in [7, 11) is 4.47. The molecule has 0 fully saturated rings. The number of nitrogens with zero attached hydrogens (tertiary/aromatic N) is 1. The fourth-order valence-corrected chi connectivity index (χ4v) is 1.96. The van der Waals surface area contributed by atoms with Gasteiger partial charge in [0.1, 0.15) is 11.5 Å². The van der Waals surface area contributed by atoms with Crippen LogP contribution in [-0.2, 0) is 0 Å². The third-order valence-corrected chi connectivity index (χ3v) is 3.20. The van der Waals surface area contributed by atoms with Crippen molar-refractivity contribution >= 4 is 12.1 Å². The molecule has 0 heterocycles. The summed E-state index contributed by atoms with van der Waals surface area (Å²) in [6.45, 7) is 0. The Balaban J connectivity index is 2.08. The van der Waals surface area contributed by atoms with Crippen LogP contribution in [0.3, 0.4) is 0 Å². The van der Waals surface area contributed by atoms with Gasteiger partial charge in [-0.05, 0) is 35.9 Å². The number of benzene rings is 2. The standard InChI is InChI=1S/C17H18N2O5/c1-22-13-7-12(8-14(9-13)23-2)17(21)19-18-10-11-4-5-16(24-3)15(20)6-11/h4-10,20H,1-3H3,(H,19,21)/b18-10+. The predicted octanol–water partition coefficient (Wildman–Crippen LogP) is 2.18. The monoisotopic (exact) mass is 330 g/mol. The first-order chi connectivity index (χ1) is 11.6. The van der Waals surface area contributed by atoms with Crippen molar-refractivity contribution in [1.82, 2.24) is 5.43 Å². The number of aromatic hydroxyl groups is 1. The molecule has 2 aromatic rings. The van der Waals surface area contributed by atoms with E-state index in [-0.39, 0.29) is 5.75 Å². The molecule has 7 heteroatoms. The van der Waals surface area contributed by atoms with Crippen molar-refractivity contribution in [3.8, 4) is 23.0 Å². The molecule has 7 nitrogen and oxygen atoms in total. The lowest BCUT2D eigenvalue weighted by atomic mass is 10.2. The van der Waals surface area contributed by atoms with Crippen molar-refractivity contribution in [3.05, 3.63) is 47.5 Å². The second-order valence-corrected chi connectivity index (χ2v) is 4.73. The van der Waals surface area contributed by atoms with Gasteiger partial charge in [0.25, 0.3) is 5.91 Å². The molecule has 0 unspecified atom stereocenters. The van der Waals surface area contributed by atoms with Crippen LogP contribution < -0.4 is 19.6 Å². The molecule has 0 bridgehead atoms. The summed E-state index contributed by atoms with van der Waals surface area (Å²) >= 11 is 0. The number of amides is 1. The van der Waals surface area contributed by atoms with E-state index in [0.717, 1.165) is 0 Å². The van der Waals surface area contributed by atoms with Crippen LogP contribution in [-0.4, -0.2) is 38.6 Å². The van der Waals surface area contributed by atoms with E-state index in [1.807, 2.05) is 0 Å². The first-order valence-corrected chi connectivity index (χ1v) is 7.01. The number of hydrogen-bond donors (Lipinski definition) is 2. The van der Waals surface area contributed by atoms with Crippen LogP contribution in [0.15, 0.2) is 41.5 Å². The van der Waals surface area contributed by atoms with E-state index in [9.17, 15) is 9.90 Å². The van der Waals surface area contributed by atoms with Crippen LogP contribution in [0, 0.1) is 0 Å². The molecular weight excluding hydrogens is 312 g/mol. The number of carbonyl (C=O) groups excluding carboxylic acids is 1. The van der Waals surface area contributed by atoms with Crippen molar-refractivity contribution in [2.75, 3.05) is 21.3 Å². The Morgan fingerprint density at radius 1 is 1.04 bits per heavy atom. The molecule has 0 aromatic heterocycles. The maximum absolute atomic E-state index is 12.1. The second kappa shape index (κ2) is 7.87. The minimum absolute atomic E-state index is 0.00897. The molecule has 2 rings (SSSR count). The molecule has 2 N–H and O–H groups in total. The Labute approximate surface area is 139 Å². The highest BCUT2D eigenvalue weighted by atomic mass is 16.5. The average Bonchev–Trinajstić information content (AvgIpc) is 2.61. The summed E-state index contributed by atoms with van der Waals surface area (Å²) in [4.78, 5) is 12.1. The van der Waals surface area contributed by atoms with Gasteiger partial charge in [0.05, 0.1) is 27.5 Å². The fraction of sp³-hybridized carbons (Fsp3) is 0.176. The Morgan fingerprint density at radius 2 is 1.71 bits per heavy atom. The molecule has 2 aromatic carbocycles. The first-order valence-electron chi connectivity index (χ1n) is 7.01. The van der Waals surface area contributed by atoms with Crippen LogP contribution in [0.5, 0.6) is 23.0 Å². The number of phenols is 1. The highest BCUT2D eigenvalue weighted by Crippen LogP contribution is 2.25. The fourth-order valence-electron chi connectivity index (χ4n) is 1.96. The molecule has 0 spiro atoms. The van der Waals surface area contributed by atoms with E-state index in [1.165, 1.54) is 33.6 Å². The highest BCUT2D eigenvalue weighted by Gasteiger charge is 2.09. The largest absolute Gasteiger partial charge is 0.504 e. The number of hydrazone groups is 1. The van der Waals surface area contributed by atoms with Gasteiger partial charge in [0, 0.05) is 11.6 Å². The van der Waals surface area contributed by atoms with E-state index in [2.05, 4.69) is 10.5 Å². The lowest BCUT2D eigenvalue weighted by Crippen LogP contribution is -2.17. The van der Waals surface area contributed by atoms with Crippen LogP contribution in [0.4, 0.5) is 0 Å². The maximum Gasteiger partial charge on any atom is 0.271 e. The normalized spacial score (nSPS) is 10.5. The molecule has 0 aliphatic heterocycles. The van der Waals surface area contributed by atoms with Gasteiger partial charge in [0.15, 0.2) is 11.5 Å². The Hall–Kier alpha value is -3.22. The van der Waals surface area contributed by atoms with Crippen LogP contribution >= 0.6 is 0 Å². The lowest BCUT2D eigenvalue weighted by Gasteiger charge is -2.07. The molecule has 24 heavy (non-hydrogen) atoms. The van der Waals surface area contributed by atoms with E-state index < -0.39 is 5.91 Å². The minimum Gasteiger partial charge on any atom is -0.504 e. The topological polar surface area (TPSA) is 89.4 Å². The summed E-state index contributed by atoms with van der Waals surface area (Å²) in [5.41, 5.74) is 3.36. The molecular formula is C17H18N2O5. The summed E-state index contributed by atoms with van der Waals surface area (Å²) in [6, 6.07) is 9.59. The van der Waals surface area contributed by atoms with Gasteiger partial charge in [-0.1, -0.05) is 0 Å². The zero-order chi connectivity index (χ0) is 17.5. The number of rotatable bonds is 6. The van der Waals surface area contributed by atoms with Crippen molar-refractivity contribution < 1.29 is 24.1 Å². The van der Waals surface area contributed by atoms with E-state index in [4.69, 9.17) is 14.2 Å². The number of hydrogen-bond acceptors (Lipinski definition) is 6. The number of phenolic OH excluding ortho intramolecular Hbond substituents is 1. The van der Waals surface area contributed by atoms with Crippen molar-refractivity contribution in [2.24, 2.45) is 5.10 Å². The lowest BCUT2D eigenvalue weighted by molar-refractivity contribution is 0.0954. The minimum atomic E-state index is -0.416. The van der Waals surface area contributed by atoms with Crippen LogP contribution in [0.2, 0.25) is 0 Å². The smallest absolute Gasteiger partial charge is 0.271 e. The summed E-state index contributed by atoms with van der Waals surface area (Å²) in [5, 5.41) is 13.6. The van der Waals surface area contributed by atoms with Gasteiger partial charge >= 0.3 is 0 Å². The summed E-state index contributed by atoms with van der Waals surface area (Å²) < 4.78 is 15.2. The third kappa shape index (κ3) is 4.16. The quantitative estimate of drug-likeness (QED) is 0.626. The van der Waals surface area contributed by atoms with E-state index >= 15 is 0 Å². The van der Waals surface area contributed by atoms with Gasteiger partial charge in [-0.2, -0.15) is 5.10 Å². The Kier molecular flexibility index (Phi) is 5.62. The number of nitrogens with one attached hydrogen (secondary N) is 1. The number of ether oxygens (including phenoxy) is 3. The van der Waals surface area contributed by atoms with Gasteiger partial charge in [-0.25, -0.2) is 5.43 Å². The summed E-state index contributed by atoms with van der Waals surface area (Å²) in [6.07, 6.45) is 1.41. The highest BCUT2D eigenvalue weighted by molar-refractivity contribution is 5.95. The number of carbonyl (C=O) groups is 1. The molecule has 0 atom stereocenters. The average molecular weight is 330 g/mol. The van der Waals surface area contributed by atoms with Crippen molar-refractivity contribution in [3.63, 3.8) is 0 Å². The molecule has 0 saturated carbocycles. The molecule has 0 aliphatic rings. The maximum atomic E-state index is 12.1. The second-order valence-electron chi connectivity index (χ2n) is 4.73. The zero-order valence-corrected chi connectivity index (χ0v) is 13.6. The van der Waals surface area contributed by atoms with Crippen molar-refractivity contribution in [2.45, 2.75) is 0 Å². The molecule has 0 radical (unpaired) electrons. The van der Waals surface area contributed by atoms with Gasteiger partial charge in [-0.15, -0.1) is 0 Å². The predicted molar refractivity (Wildman–Crippen MR) is 89.3 cm³/mol. The first kappa shape index (κ1) is 17.1.